The van der Waals surface area contributed by atoms with E-state index in [4.69, 9.17) is 0 Å². The van der Waals surface area contributed by atoms with E-state index in [-0.39, 0.29) is 17.6 Å². The minimum absolute atomic E-state index is 0.0226. The Bertz CT molecular complexity index is 175. The second-order valence-electron chi connectivity index (χ2n) is 3.93. The highest BCUT2D eigenvalue weighted by atomic mass is 16.2. The van der Waals surface area contributed by atoms with Crippen molar-refractivity contribution in [3.05, 3.63) is 0 Å². The van der Waals surface area contributed by atoms with E-state index in [0.29, 0.717) is 0 Å². The molecule has 1 aliphatic rings. The molecule has 0 saturated carbocycles. The lowest BCUT2D eigenvalue weighted by Crippen LogP contribution is -2.46. The maximum atomic E-state index is 11.2. The summed E-state index contributed by atoms with van der Waals surface area (Å²) in [6.45, 7) is 8.97. The molecule has 1 heterocycles. The highest BCUT2D eigenvalue weighted by Crippen LogP contribution is 2.21. The van der Waals surface area contributed by atoms with Gasteiger partial charge in [0.2, 0.25) is 0 Å². The SMILES string of the molecule is CC(C)N1C(=O)NCC1(C)C. The van der Waals surface area contributed by atoms with E-state index in [2.05, 4.69) is 19.2 Å². The van der Waals surface area contributed by atoms with Crippen LogP contribution in [-0.2, 0) is 0 Å². The molecule has 11 heavy (non-hydrogen) atoms. The molecule has 0 aromatic heterocycles. The van der Waals surface area contributed by atoms with Gasteiger partial charge in [0.05, 0.1) is 5.54 Å². The standard InChI is InChI=1S/C8H16N2O/c1-6(2)10-7(11)9-5-8(10,3)4/h6H,5H2,1-4H3,(H,9,11). The second-order valence-corrected chi connectivity index (χ2v) is 3.93. The van der Waals surface area contributed by atoms with Gasteiger partial charge in [-0.3, -0.25) is 0 Å². The van der Waals surface area contributed by atoms with Crippen molar-refractivity contribution in [2.45, 2.75) is 39.3 Å². The van der Waals surface area contributed by atoms with Crippen LogP contribution in [0.5, 0.6) is 0 Å². The summed E-state index contributed by atoms with van der Waals surface area (Å²) in [5, 5.41) is 2.83. The summed E-state index contributed by atoms with van der Waals surface area (Å²) in [5.41, 5.74) is -0.0226. The van der Waals surface area contributed by atoms with Gasteiger partial charge < -0.3 is 10.2 Å². The van der Waals surface area contributed by atoms with Crippen molar-refractivity contribution in [2.75, 3.05) is 6.54 Å². The largest absolute Gasteiger partial charge is 0.336 e. The molecule has 1 N–H and O–H groups in total. The predicted octanol–water partition coefficient (Wildman–Crippen LogP) is 1.20. The summed E-state index contributed by atoms with van der Waals surface area (Å²) < 4.78 is 0. The van der Waals surface area contributed by atoms with Crippen molar-refractivity contribution in [1.82, 2.24) is 10.2 Å². The van der Waals surface area contributed by atoms with Gasteiger partial charge in [0, 0.05) is 12.6 Å². The minimum Gasteiger partial charge on any atom is -0.336 e. The van der Waals surface area contributed by atoms with Crippen molar-refractivity contribution >= 4 is 6.03 Å². The highest BCUT2D eigenvalue weighted by Gasteiger charge is 2.38. The first-order valence-electron chi connectivity index (χ1n) is 4.02. The molecule has 3 heteroatoms. The van der Waals surface area contributed by atoms with E-state index in [0.717, 1.165) is 6.54 Å². The predicted molar refractivity (Wildman–Crippen MR) is 44.5 cm³/mol. The van der Waals surface area contributed by atoms with Gasteiger partial charge >= 0.3 is 6.03 Å². The van der Waals surface area contributed by atoms with Gasteiger partial charge in [-0.05, 0) is 27.7 Å². The van der Waals surface area contributed by atoms with E-state index in [1.807, 2.05) is 18.7 Å². The molecular weight excluding hydrogens is 140 g/mol. The molecule has 1 rings (SSSR count). The molecule has 0 atom stereocenters. The fourth-order valence-electron chi connectivity index (χ4n) is 1.67. The number of nitrogens with one attached hydrogen (secondary N) is 1. The molecule has 64 valence electrons. The van der Waals surface area contributed by atoms with Gasteiger partial charge in [-0.25, -0.2) is 4.79 Å². The minimum atomic E-state index is -0.0226. The summed E-state index contributed by atoms with van der Waals surface area (Å²) >= 11 is 0. The number of rotatable bonds is 1. The van der Waals surface area contributed by atoms with Crippen LogP contribution in [0.1, 0.15) is 27.7 Å². The van der Waals surface area contributed by atoms with Gasteiger partial charge in [0.25, 0.3) is 0 Å². The Balaban J connectivity index is 2.80. The first-order valence-corrected chi connectivity index (χ1v) is 4.02. The Hall–Kier alpha value is -0.730. The molecule has 3 nitrogen and oxygen atoms in total. The summed E-state index contributed by atoms with van der Waals surface area (Å²) in [5.74, 6) is 0. The smallest absolute Gasteiger partial charge is 0.318 e. The van der Waals surface area contributed by atoms with Gasteiger partial charge in [-0.15, -0.1) is 0 Å². The fraction of sp³-hybridized carbons (Fsp3) is 0.875. The molecule has 2 amide bonds. The number of nitrogens with zero attached hydrogens (tertiary/aromatic N) is 1. The van der Waals surface area contributed by atoms with Crippen molar-refractivity contribution in [1.29, 1.82) is 0 Å². The first kappa shape index (κ1) is 8.37. The van der Waals surface area contributed by atoms with Crippen LogP contribution in [0.15, 0.2) is 0 Å². The van der Waals surface area contributed by atoms with Crippen molar-refractivity contribution < 1.29 is 4.79 Å². The number of hydrogen-bond donors (Lipinski definition) is 1. The Morgan fingerprint density at radius 2 is 2.09 bits per heavy atom. The van der Waals surface area contributed by atoms with Gasteiger partial charge in [0.15, 0.2) is 0 Å². The van der Waals surface area contributed by atoms with E-state index in [1.54, 1.807) is 0 Å². The molecule has 1 saturated heterocycles. The van der Waals surface area contributed by atoms with Crippen molar-refractivity contribution in [3.63, 3.8) is 0 Å². The summed E-state index contributed by atoms with van der Waals surface area (Å²) in [6.07, 6.45) is 0. The van der Waals surface area contributed by atoms with Gasteiger partial charge in [-0.1, -0.05) is 0 Å². The Morgan fingerprint density at radius 1 is 1.55 bits per heavy atom. The Kier molecular flexibility index (Phi) is 1.82. The molecular formula is C8H16N2O. The lowest BCUT2D eigenvalue weighted by atomic mass is 10.0. The van der Waals surface area contributed by atoms with Crippen LogP contribution in [0.3, 0.4) is 0 Å². The van der Waals surface area contributed by atoms with Gasteiger partial charge in [0.1, 0.15) is 0 Å². The molecule has 0 aliphatic carbocycles. The molecule has 0 unspecified atom stereocenters. The lowest BCUT2D eigenvalue weighted by molar-refractivity contribution is 0.152. The van der Waals surface area contributed by atoms with Crippen molar-refractivity contribution in [3.8, 4) is 0 Å². The van der Waals surface area contributed by atoms with Crippen LogP contribution in [0.4, 0.5) is 4.79 Å². The topological polar surface area (TPSA) is 32.3 Å². The average Bonchev–Trinajstić information content (AvgIpc) is 2.06. The number of carbonyl (C=O) groups excluding carboxylic acids is 1. The highest BCUT2D eigenvalue weighted by molar-refractivity contribution is 5.78. The molecule has 0 bridgehead atoms. The zero-order chi connectivity index (χ0) is 8.65. The van der Waals surface area contributed by atoms with E-state index >= 15 is 0 Å². The maximum absolute atomic E-state index is 11.2. The van der Waals surface area contributed by atoms with Gasteiger partial charge in [-0.2, -0.15) is 0 Å². The van der Waals surface area contributed by atoms with Crippen LogP contribution >= 0.6 is 0 Å². The van der Waals surface area contributed by atoms with Crippen LogP contribution in [-0.4, -0.2) is 29.1 Å². The zero-order valence-electron chi connectivity index (χ0n) is 7.64. The molecule has 1 aliphatic heterocycles. The normalized spacial score (nSPS) is 22.6. The molecule has 0 aromatic rings. The summed E-state index contributed by atoms with van der Waals surface area (Å²) in [4.78, 5) is 13.1. The first-order chi connectivity index (χ1) is 4.95. The van der Waals surface area contributed by atoms with Crippen molar-refractivity contribution in [2.24, 2.45) is 0 Å². The number of carbonyl (C=O) groups is 1. The van der Waals surface area contributed by atoms with E-state index in [9.17, 15) is 4.79 Å². The third kappa shape index (κ3) is 1.32. The van der Waals surface area contributed by atoms with Crippen LogP contribution in [0.25, 0.3) is 0 Å². The number of urea groups is 1. The van der Waals surface area contributed by atoms with Crippen LogP contribution in [0.2, 0.25) is 0 Å². The Morgan fingerprint density at radius 3 is 2.27 bits per heavy atom. The number of amides is 2. The zero-order valence-corrected chi connectivity index (χ0v) is 7.64. The number of hydrogen-bond acceptors (Lipinski definition) is 1. The molecule has 0 spiro atoms. The lowest BCUT2D eigenvalue weighted by Gasteiger charge is -2.33. The Labute approximate surface area is 67.8 Å². The third-order valence-corrected chi connectivity index (χ3v) is 2.06. The fourth-order valence-corrected chi connectivity index (χ4v) is 1.67. The molecule has 0 aromatic carbocycles. The van der Waals surface area contributed by atoms with Crippen LogP contribution in [0, 0.1) is 0 Å². The summed E-state index contributed by atoms with van der Waals surface area (Å²) in [7, 11) is 0. The third-order valence-electron chi connectivity index (χ3n) is 2.06. The molecule has 1 fully saturated rings. The summed E-state index contributed by atoms with van der Waals surface area (Å²) in [6, 6.07) is 0.345. The quantitative estimate of drug-likeness (QED) is 0.608. The molecule has 0 radical (unpaired) electrons. The second kappa shape index (κ2) is 2.40. The monoisotopic (exact) mass is 156 g/mol. The maximum Gasteiger partial charge on any atom is 0.318 e. The van der Waals surface area contributed by atoms with Crippen LogP contribution < -0.4 is 5.32 Å². The average molecular weight is 156 g/mol. The van der Waals surface area contributed by atoms with E-state index < -0.39 is 0 Å². The van der Waals surface area contributed by atoms with E-state index in [1.165, 1.54) is 0 Å².